The summed E-state index contributed by atoms with van der Waals surface area (Å²) in [6, 6.07) is -2.22. The first-order valence-electron chi connectivity index (χ1n) is 7.24. The molecule has 0 fully saturated rings. The molecular weight excluding hydrogens is 347 g/mol. The number of halogens is 3. The van der Waals surface area contributed by atoms with Crippen molar-refractivity contribution in [1.29, 1.82) is 0 Å². The molecule has 1 atom stereocenters. The van der Waals surface area contributed by atoms with Gasteiger partial charge in [0.1, 0.15) is 18.0 Å². The van der Waals surface area contributed by atoms with Crippen LogP contribution in [0, 0.1) is 13.8 Å². The second-order valence-electron chi connectivity index (χ2n) is 6.25. The van der Waals surface area contributed by atoms with Gasteiger partial charge >= 0.3 is 12.3 Å². The first-order valence-corrected chi connectivity index (χ1v) is 8.05. The van der Waals surface area contributed by atoms with E-state index in [1.807, 2.05) is 0 Å². The van der Waals surface area contributed by atoms with Crippen LogP contribution in [0.1, 0.15) is 36.1 Å². The fraction of sp³-hybridized carbons (Fsp3) is 0.667. The monoisotopic (exact) mass is 369 g/mol. The number of hydrogen-bond acceptors (Lipinski definition) is 5. The Morgan fingerprint density at radius 3 is 2.33 bits per heavy atom. The molecule has 0 spiro atoms. The molecule has 1 rings (SSSR count). The molecule has 5 nitrogen and oxygen atoms in total. The first kappa shape index (κ1) is 20.6. The predicted molar refractivity (Wildman–Crippen MR) is 84.4 cm³/mol. The number of hydrogen-bond donors (Lipinski definition) is 2. The zero-order chi connectivity index (χ0) is 18.7. The number of nitrogens with one attached hydrogen (secondary N) is 1. The third kappa shape index (κ3) is 5.86. The molecule has 1 aromatic rings. The quantitative estimate of drug-likeness (QED) is 0.831. The van der Waals surface area contributed by atoms with Crippen LogP contribution in [-0.2, 0) is 11.3 Å². The average Bonchev–Trinajstić information content (AvgIpc) is 2.67. The summed E-state index contributed by atoms with van der Waals surface area (Å²) in [6.45, 7) is 7.00. The largest absolute Gasteiger partial charge is 0.490 e. The molecule has 1 unspecified atom stereocenters. The molecule has 0 aromatic carbocycles. The molecule has 0 aliphatic carbocycles. The van der Waals surface area contributed by atoms with E-state index in [1.54, 1.807) is 39.9 Å². The van der Waals surface area contributed by atoms with Crippen molar-refractivity contribution >= 4 is 17.4 Å². The minimum absolute atomic E-state index is 0.222. The van der Waals surface area contributed by atoms with Crippen LogP contribution in [0.4, 0.5) is 18.0 Å². The number of aliphatic hydroxyl groups is 1. The zero-order valence-corrected chi connectivity index (χ0v) is 15.0. The van der Waals surface area contributed by atoms with Gasteiger partial charge in [-0.3, -0.25) is 0 Å². The maximum Gasteiger partial charge on any atom is 0.412 e. The van der Waals surface area contributed by atoms with Crippen LogP contribution in [-0.4, -0.2) is 35.6 Å². The van der Waals surface area contributed by atoms with E-state index in [0.717, 1.165) is 4.88 Å². The van der Waals surface area contributed by atoms with E-state index in [9.17, 15) is 23.1 Å². The fourth-order valence-electron chi connectivity index (χ4n) is 1.80. The normalized spacial score (nSPS) is 13.5. The Bertz CT molecular complexity index is 578. The summed E-state index contributed by atoms with van der Waals surface area (Å²) in [7, 11) is 0. The van der Waals surface area contributed by atoms with E-state index in [1.165, 1.54) is 11.3 Å². The third-order valence-corrected chi connectivity index (χ3v) is 4.20. The van der Waals surface area contributed by atoms with Crippen molar-refractivity contribution in [2.45, 2.75) is 59.0 Å². The van der Waals surface area contributed by atoms with Gasteiger partial charge in [0.2, 0.25) is 0 Å². The Labute approximate surface area is 142 Å². The van der Waals surface area contributed by atoms with Crippen molar-refractivity contribution in [3.8, 4) is 5.75 Å². The summed E-state index contributed by atoms with van der Waals surface area (Å²) in [5.74, 6) is 0.222. The van der Waals surface area contributed by atoms with Gasteiger partial charge in [-0.1, -0.05) is 0 Å². The topological polar surface area (TPSA) is 67.8 Å². The number of carbonyl (C=O) groups excluding carboxylic acids is 1. The first-order chi connectivity index (χ1) is 10.8. The molecule has 0 bridgehead atoms. The number of aryl methyl sites for hydroxylation is 1. The van der Waals surface area contributed by atoms with Gasteiger partial charge < -0.3 is 19.9 Å². The molecule has 138 valence electrons. The van der Waals surface area contributed by atoms with Crippen molar-refractivity contribution in [3.63, 3.8) is 0 Å². The zero-order valence-electron chi connectivity index (χ0n) is 14.2. The van der Waals surface area contributed by atoms with Crippen LogP contribution < -0.4 is 10.1 Å². The van der Waals surface area contributed by atoms with Crippen molar-refractivity contribution in [2.24, 2.45) is 0 Å². The molecule has 1 aromatic heterocycles. The molecule has 24 heavy (non-hydrogen) atoms. The van der Waals surface area contributed by atoms with Gasteiger partial charge in [-0.15, -0.1) is 11.3 Å². The van der Waals surface area contributed by atoms with E-state index in [-0.39, 0.29) is 12.4 Å². The Kier molecular flexibility index (Phi) is 6.52. The van der Waals surface area contributed by atoms with Crippen molar-refractivity contribution in [3.05, 3.63) is 15.3 Å². The average molecular weight is 369 g/mol. The highest BCUT2D eigenvalue weighted by molar-refractivity contribution is 7.12. The lowest BCUT2D eigenvalue weighted by Crippen LogP contribution is -2.50. The molecule has 1 heterocycles. The molecule has 0 aliphatic rings. The summed E-state index contributed by atoms with van der Waals surface area (Å²) < 4.78 is 49.4. The van der Waals surface area contributed by atoms with Gasteiger partial charge in [0.25, 0.3) is 0 Å². The lowest BCUT2D eigenvalue weighted by atomic mass is 10.2. The van der Waals surface area contributed by atoms with Crippen molar-refractivity contribution in [1.82, 2.24) is 5.32 Å². The number of ether oxygens (including phenoxy) is 2. The van der Waals surface area contributed by atoms with E-state index in [2.05, 4.69) is 0 Å². The van der Waals surface area contributed by atoms with Crippen LogP contribution in [0.25, 0.3) is 0 Å². The van der Waals surface area contributed by atoms with Gasteiger partial charge in [0, 0.05) is 10.4 Å². The van der Waals surface area contributed by atoms with Crippen LogP contribution in [0.2, 0.25) is 0 Å². The molecule has 0 saturated carbocycles. The summed E-state index contributed by atoms with van der Waals surface area (Å²) >= 11 is 1.25. The Hall–Kier alpha value is -1.48. The third-order valence-electron chi connectivity index (χ3n) is 3.02. The maximum atomic E-state index is 13.1. The predicted octanol–water partition coefficient (Wildman–Crippen LogP) is 3.69. The minimum atomic E-state index is -4.70. The van der Waals surface area contributed by atoms with Gasteiger partial charge in [-0.2, -0.15) is 13.2 Å². The molecule has 0 radical (unpaired) electrons. The Balaban J connectivity index is 2.84. The number of alkyl carbamates (subject to hydrolysis) is 1. The SMILES string of the molecule is Cc1sc(CO)c(OCC(NC(=O)OC(C)(C)C)C(F)(F)F)c1C. The second-order valence-corrected chi connectivity index (χ2v) is 7.55. The lowest BCUT2D eigenvalue weighted by Gasteiger charge is -2.25. The Morgan fingerprint density at radius 2 is 1.88 bits per heavy atom. The standard InChI is InChI=1S/C15H22F3NO4S/c1-8-9(2)24-10(6-20)12(8)22-7-11(15(16,17)18)19-13(21)23-14(3,4)5/h11,20H,6-7H2,1-5H3,(H,19,21). The molecule has 0 saturated heterocycles. The summed E-state index contributed by atoms with van der Waals surface area (Å²) in [5, 5.41) is 11.1. The molecular formula is C15H22F3NO4S. The highest BCUT2D eigenvalue weighted by atomic mass is 32.1. The fourth-order valence-corrected chi connectivity index (χ4v) is 2.79. The number of thiophene rings is 1. The van der Waals surface area contributed by atoms with Crippen LogP contribution in [0.15, 0.2) is 0 Å². The molecule has 1 amide bonds. The summed E-state index contributed by atoms with van der Waals surface area (Å²) in [5.41, 5.74) is -0.242. The second kappa shape index (κ2) is 7.60. The van der Waals surface area contributed by atoms with E-state index < -0.39 is 30.5 Å². The van der Waals surface area contributed by atoms with Gasteiger partial charge in [0.15, 0.2) is 6.04 Å². The van der Waals surface area contributed by atoms with Crippen molar-refractivity contribution < 1.29 is 32.5 Å². The van der Waals surface area contributed by atoms with Crippen LogP contribution in [0.3, 0.4) is 0 Å². The van der Waals surface area contributed by atoms with Gasteiger partial charge in [0.05, 0.1) is 11.5 Å². The molecule has 9 heteroatoms. The van der Waals surface area contributed by atoms with E-state index in [0.29, 0.717) is 10.4 Å². The molecule has 2 N–H and O–H groups in total. The lowest BCUT2D eigenvalue weighted by molar-refractivity contribution is -0.161. The number of carbonyl (C=O) groups is 1. The summed E-state index contributed by atoms with van der Waals surface area (Å²) in [6.07, 6.45) is -5.87. The number of aliphatic hydroxyl groups excluding tert-OH is 1. The van der Waals surface area contributed by atoms with Crippen LogP contribution in [0.5, 0.6) is 5.75 Å². The van der Waals surface area contributed by atoms with E-state index in [4.69, 9.17) is 9.47 Å². The molecule has 0 aliphatic heterocycles. The smallest absolute Gasteiger partial charge is 0.412 e. The number of rotatable bonds is 5. The highest BCUT2D eigenvalue weighted by Gasteiger charge is 2.42. The van der Waals surface area contributed by atoms with Crippen LogP contribution >= 0.6 is 11.3 Å². The maximum absolute atomic E-state index is 13.1. The number of amides is 1. The van der Waals surface area contributed by atoms with Crippen molar-refractivity contribution in [2.75, 3.05) is 6.61 Å². The van der Waals surface area contributed by atoms with Gasteiger partial charge in [-0.25, -0.2) is 4.79 Å². The van der Waals surface area contributed by atoms with E-state index >= 15 is 0 Å². The number of alkyl halides is 3. The highest BCUT2D eigenvalue weighted by Crippen LogP contribution is 2.35. The minimum Gasteiger partial charge on any atom is -0.490 e. The van der Waals surface area contributed by atoms with Gasteiger partial charge in [-0.05, 0) is 34.6 Å². The Morgan fingerprint density at radius 1 is 1.29 bits per heavy atom. The summed E-state index contributed by atoms with van der Waals surface area (Å²) in [4.78, 5) is 12.9.